The van der Waals surface area contributed by atoms with Crippen LogP contribution >= 0.6 is 0 Å². The highest BCUT2D eigenvalue weighted by Gasteiger charge is 2.30. The van der Waals surface area contributed by atoms with Crippen LogP contribution in [-0.4, -0.2) is 31.7 Å². The van der Waals surface area contributed by atoms with Gasteiger partial charge in [-0.05, 0) is 18.6 Å². The van der Waals surface area contributed by atoms with Crippen molar-refractivity contribution in [2.24, 2.45) is 0 Å². The first kappa shape index (κ1) is 12.3. The first-order valence-electron chi connectivity index (χ1n) is 6.06. The molecule has 1 aliphatic heterocycles. The van der Waals surface area contributed by atoms with E-state index >= 15 is 0 Å². The van der Waals surface area contributed by atoms with Gasteiger partial charge in [0.05, 0.1) is 0 Å². The number of aromatic hydroxyl groups is 3. The number of fused-ring (bicyclic) bond motifs is 1. The Morgan fingerprint density at radius 2 is 1.85 bits per heavy atom. The maximum absolute atomic E-state index is 11.8. The molecule has 1 aromatic heterocycles. The van der Waals surface area contributed by atoms with Crippen molar-refractivity contribution in [3.63, 3.8) is 0 Å². The Morgan fingerprint density at radius 3 is 2.55 bits per heavy atom. The molecule has 7 nitrogen and oxygen atoms in total. The molecule has 1 aliphatic rings. The van der Waals surface area contributed by atoms with Crippen LogP contribution in [0.25, 0.3) is 10.8 Å². The number of benzene rings is 1. The molecule has 20 heavy (non-hydrogen) atoms. The Labute approximate surface area is 113 Å². The van der Waals surface area contributed by atoms with Crippen molar-refractivity contribution < 1.29 is 24.9 Å². The molecule has 2 amide bonds. The van der Waals surface area contributed by atoms with Crippen LogP contribution in [0.3, 0.4) is 0 Å². The Balaban J connectivity index is 2.10. The van der Waals surface area contributed by atoms with E-state index in [4.69, 9.17) is 0 Å². The molecule has 1 unspecified atom stereocenters. The second kappa shape index (κ2) is 4.16. The fourth-order valence-corrected chi connectivity index (χ4v) is 2.43. The minimum Gasteiger partial charge on any atom is -0.504 e. The molecule has 1 fully saturated rings. The summed E-state index contributed by atoms with van der Waals surface area (Å²) in [6.07, 6.45) is 1.99. The fraction of sp³-hybridized carbons (Fsp3) is 0.231. The Morgan fingerprint density at radius 1 is 1.15 bits per heavy atom. The molecule has 0 bridgehead atoms. The summed E-state index contributed by atoms with van der Waals surface area (Å²) >= 11 is 0. The molecule has 2 aromatic rings. The number of imide groups is 1. The van der Waals surface area contributed by atoms with E-state index in [1.54, 1.807) is 0 Å². The monoisotopic (exact) mass is 276 g/mol. The van der Waals surface area contributed by atoms with E-state index in [0.717, 1.165) is 0 Å². The predicted octanol–water partition coefficient (Wildman–Crippen LogP) is 0.736. The number of phenols is 2. The van der Waals surface area contributed by atoms with E-state index in [1.165, 1.54) is 22.9 Å². The normalized spacial score (nSPS) is 19.3. The number of phenolic OH excluding ortho intramolecular Hbond substituents is 2. The van der Waals surface area contributed by atoms with Crippen LogP contribution in [0.15, 0.2) is 18.3 Å². The molecule has 2 heterocycles. The number of nitrogens with zero attached hydrogens (tertiary/aromatic N) is 1. The number of hydrogen-bond acceptors (Lipinski definition) is 5. The molecule has 0 radical (unpaired) electrons. The molecular weight excluding hydrogens is 264 g/mol. The van der Waals surface area contributed by atoms with Gasteiger partial charge in [0.2, 0.25) is 11.8 Å². The maximum Gasteiger partial charge on any atom is 0.249 e. The summed E-state index contributed by atoms with van der Waals surface area (Å²) in [7, 11) is 0. The molecule has 1 atom stereocenters. The van der Waals surface area contributed by atoms with Crippen LogP contribution < -0.4 is 5.32 Å². The van der Waals surface area contributed by atoms with E-state index in [-0.39, 0.29) is 36.1 Å². The number of hydrogen-bond donors (Lipinski definition) is 4. The van der Waals surface area contributed by atoms with Crippen LogP contribution in [0, 0.1) is 0 Å². The van der Waals surface area contributed by atoms with Gasteiger partial charge in [-0.3, -0.25) is 14.9 Å². The standard InChI is InChI=1S/C13H12N2O5/c16-9-3-6-5-15(13(20)7(6)4-10(9)17)8-1-2-11(18)14-12(8)19/h3-5,8,16-17,20H,1-2H2,(H,14,18,19). The lowest BCUT2D eigenvalue weighted by atomic mass is 10.1. The molecule has 4 N–H and O–H groups in total. The fourth-order valence-electron chi connectivity index (χ4n) is 2.43. The minimum atomic E-state index is -0.690. The van der Waals surface area contributed by atoms with Gasteiger partial charge in [0.15, 0.2) is 17.4 Å². The zero-order valence-corrected chi connectivity index (χ0v) is 10.3. The van der Waals surface area contributed by atoms with Crippen LogP contribution in [-0.2, 0) is 9.59 Å². The zero-order valence-electron chi connectivity index (χ0n) is 10.3. The van der Waals surface area contributed by atoms with E-state index in [9.17, 15) is 24.9 Å². The number of nitrogens with one attached hydrogen (secondary N) is 1. The van der Waals surface area contributed by atoms with E-state index < -0.39 is 11.9 Å². The molecule has 104 valence electrons. The number of carbonyl (C=O) groups is 2. The average molecular weight is 276 g/mol. The van der Waals surface area contributed by atoms with Crippen molar-refractivity contribution in [2.45, 2.75) is 18.9 Å². The highest BCUT2D eigenvalue weighted by atomic mass is 16.3. The number of amides is 2. The Bertz CT molecular complexity index is 734. The van der Waals surface area contributed by atoms with E-state index in [0.29, 0.717) is 10.8 Å². The minimum absolute atomic E-state index is 0.190. The summed E-state index contributed by atoms with van der Waals surface area (Å²) in [5.41, 5.74) is 0. The number of carbonyl (C=O) groups excluding carboxylic acids is 2. The topological polar surface area (TPSA) is 112 Å². The van der Waals surface area contributed by atoms with E-state index in [1.807, 2.05) is 0 Å². The van der Waals surface area contributed by atoms with Gasteiger partial charge in [0.25, 0.3) is 0 Å². The lowest BCUT2D eigenvalue weighted by Crippen LogP contribution is -2.41. The molecule has 7 heteroatoms. The van der Waals surface area contributed by atoms with E-state index in [2.05, 4.69) is 5.32 Å². The van der Waals surface area contributed by atoms with Crippen molar-refractivity contribution in [1.82, 2.24) is 9.88 Å². The third kappa shape index (κ3) is 1.75. The molecular formula is C13H12N2O5. The van der Waals surface area contributed by atoms with Gasteiger partial charge in [-0.15, -0.1) is 0 Å². The van der Waals surface area contributed by atoms with Gasteiger partial charge in [-0.1, -0.05) is 0 Å². The van der Waals surface area contributed by atoms with Crippen molar-refractivity contribution >= 4 is 22.6 Å². The van der Waals surface area contributed by atoms with Crippen molar-refractivity contribution in [1.29, 1.82) is 0 Å². The highest BCUT2D eigenvalue weighted by molar-refractivity contribution is 6.00. The zero-order chi connectivity index (χ0) is 14.4. The number of aromatic nitrogens is 1. The largest absolute Gasteiger partial charge is 0.504 e. The second-order valence-electron chi connectivity index (χ2n) is 4.76. The summed E-state index contributed by atoms with van der Waals surface area (Å²) in [4.78, 5) is 22.9. The SMILES string of the molecule is O=C1CCC(n2cc3cc(O)c(O)cc3c2O)C(=O)N1. The van der Waals surface area contributed by atoms with Gasteiger partial charge >= 0.3 is 0 Å². The van der Waals surface area contributed by atoms with Gasteiger partial charge in [0.1, 0.15) is 6.04 Å². The lowest BCUT2D eigenvalue weighted by Gasteiger charge is -2.22. The lowest BCUT2D eigenvalue weighted by molar-refractivity contribution is -0.135. The molecule has 1 aromatic carbocycles. The summed E-state index contributed by atoms with van der Waals surface area (Å²) in [6, 6.07) is 1.83. The van der Waals surface area contributed by atoms with Crippen LogP contribution in [0.4, 0.5) is 0 Å². The Kier molecular flexibility index (Phi) is 2.56. The average Bonchev–Trinajstić information content (AvgIpc) is 2.68. The predicted molar refractivity (Wildman–Crippen MR) is 68.4 cm³/mol. The first-order chi connectivity index (χ1) is 9.47. The molecule has 3 rings (SSSR count). The second-order valence-corrected chi connectivity index (χ2v) is 4.76. The van der Waals surface area contributed by atoms with Gasteiger partial charge in [0, 0.05) is 23.4 Å². The molecule has 0 saturated carbocycles. The molecule has 0 spiro atoms. The molecule has 0 aliphatic carbocycles. The van der Waals surface area contributed by atoms with Crippen molar-refractivity contribution in [3.05, 3.63) is 18.3 Å². The van der Waals surface area contributed by atoms with Crippen molar-refractivity contribution in [2.75, 3.05) is 0 Å². The number of rotatable bonds is 1. The van der Waals surface area contributed by atoms with Crippen LogP contribution in [0.1, 0.15) is 18.9 Å². The first-order valence-corrected chi connectivity index (χ1v) is 6.06. The summed E-state index contributed by atoms with van der Waals surface area (Å²) in [5, 5.41) is 32.1. The van der Waals surface area contributed by atoms with Gasteiger partial charge < -0.3 is 19.9 Å². The smallest absolute Gasteiger partial charge is 0.249 e. The summed E-state index contributed by atoms with van der Waals surface area (Å²) in [5.74, 6) is -1.67. The highest BCUT2D eigenvalue weighted by Crippen LogP contribution is 2.38. The summed E-state index contributed by atoms with van der Waals surface area (Å²) < 4.78 is 1.34. The quantitative estimate of drug-likeness (QED) is 0.453. The number of piperidine rings is 1. The maximum atomic E-state index is 11.8. The van der Waals surface area contributed by atoms with Gasteiger partial charge in [-0.25, -0.2) is 0 Å². The summed E-state index contributed by atoms with van der Waals surface area (Å²) in [6.45, 7) is 0. The third-order valence-electron chi connectivity index (χ3n) is 3.46. The van der Waals surface area contributed by atoms with Crippen molar-refractivity contribution in [3.8, 4) is 17.4 Å². The van der Waals surface area contributed by atoms with Crippen LogP contribution in [0.2, 0.25) is 0 Å². The molecule has 1 saturated heterocycles. The van der Waals surface area contributed by atoms with Gasteiger partial charge in [-0.2, -0.15) is 0 Å². The third-order valence-corrected chi connectivity index (χ3v) is 3.46. The Hall–Kier alpha value is -2.70. The van der Waals surface area contributed by atoms with Crippen LogP contribution in [0.5, 0.6) is 17.4 Å².